The molecule has 0 atom stereocenters. The summed E-state index contributed by atoms with van der Waals surface area (Å²) in [5.74, 6) is 0.0986. The highest BCUT2D eigenvalue weighted by atomic mass is 79.9. The molecule has 0 amide bonds. The standard InChI is InChI=1S/C32H12BF24.C14H13BrNO/c34-25(35,36)13-1-14(26(37,38)39)6-21(5-13)33(22-7-15(27(40,41)42)2-16(8-22)28(43,44)45,23-9-17(29(46,47)48)3-18(10-23)30(49,50)51)24-11-19(31(52,53)54)4-20(12-24)32(55,56)57;15-10-14(17)13-8-4-5-9-16(13)11-12-6-2-1-3-7-12/h1-12H;1-9H,10-11H2/q-1;+1. The van der Waals surface area contributed by atoms with Gasteiger partial charge >= 0.3 is 49.4 Å². The fourth-order valence-electron chi connectivity index (χ4n) is 7.79. The van der Waals surface area contributed by atoms with Crippen molar-refractivity contribution < 1.29 is 115 Å². The number of carbonyl (C=O) groups excluding carboxylic acids is 1. The number of hydrogen-bond acceptors (Lipinski definition) is 1. The number of nitrogens with zero attached hydrogens (tertiary/aromatic N) is 1. The van der Waals surface area contributed by atoms with Crippen molar-refractivity contribution in [2.75, 3.05) is 5.33 Å². The molecule has 0 aliphatic carbocycles. The number of alkyl halides is 25. The SMILES string of the molecule is FC(F)(F)c1cc([B-](c2cc(C(F)(F)F)cc(C(F)(F)F)c2)(c2cc(C(F)(F)F)cc(C(F)(F)F)c2)c2cc(C(F)(F)F)cc(C(F)(F)F)c2)cc(C(F)(F)F)c1.O=C(CBr)c1cccc[n+]1Cc1ccccc1. The Hall–Kier alpha value is -6.22. The summed E-state index contributed by atoms with van der Waals surface area (Å²) in [6, 6.07) is 6.98. The summed E-state index contributed by atoms with van der Waals surface area (Å²) < 4.78 is 343. The van der Waals surface area contributed by atoms with E-state index >= 15 is 0 Å². The van der Waals surface area contributed by atoms with Crippen molar-refractivity contribution in [1.82, 2.24) is 0 Å². The monoisotopic (exact) mass is 1150 g/mol. The Labute approximate surface area is 408 Å². The predicted molar refractivity (Wildman–Crippen MR) is 220 cm³/mol. The smallest absolute Gasteiger partial charge is 0.286 e. The summed E-state index contributed by atoms with van der Waals surface area (Å²) in [6.07, 6.45) is -52.9. The van der Waals surface area contributed by atoms with Gasteiger partial charge in [0, 0.05) is 17.7 Å². The maximum Gasteiger partial charge on any atom is 0.416 e. The van der Waals surface area contributed by atoms with E-state index in [1.54, 1.807) is 0 Å². The molecule has 0 unspecified atom stereocenters. The van der Waals surface area contributed by atoms with E-state index < -0.39 is 195 Å². The van der Waals surface area contributed by atoms with Gasteiger partial charge in [0.05, 0.1) is 49.8 Å². The number of rotatable bonds is 8. The summed E-state index contributed by atoms with van der Waals surface area (Å²) in [4.78, 5) is 11.8. The molecule has 0 fully saturated rings. The second kappa shape index (κ2) is 20.5. The van der Waals surface area contributed by atoms with Gasteiger partial charge in [0.15, 0.2) is 12.7 Å². The molecule has 1 heterocycles. The molecule has 0 aliphatic rings. The molecule has 0 N–H and O–H groups in total. The Morgan fingerprint density at radius 3 is 0.838 bits per heavy atom. The maximum atomic E-state index is 14.2. The number of halogens is 25. The molecule has 0 bridgehead atoms. The van der Waals surface area contributed by atoms with Crippen LogP contribution in [0.25, 0.3) is 0 Å². The number of ketones is 1. The minimum absolute atomic E-state index is 0.0986. The minimum Gasteiger partial charge on any atom is -0.286 e. The van der Waals surface area contributed by atoms with Gasteiger partial charge in [-0.15, -0.1) is 0 Å². The molecule has 74 heavy (non-hydrogen) atoms. The van der Waals surface area contributed by atoms with E-state index in [0.717, 1.165) is 12.2 Å². The lowest BCUT2D eigenvalue weighted by atomic mass is 9.12. The van der Waals surface area contributed by atoms with E-state index in [1.165, 1.54) is 5.56 Å². The molecule has 6 rings (SSSR count). The number of hydrogen-bond donors (Lipinski definition) is 0. The average molecular weight is 1150 g/mol. The second-order valence-corrected chi connectivity index (χ2v) is 16.5. The number of aromatic nitrogens is 1. The lowest BCUT2D eigenvalue weighted by molar-refractivity contribution is -0.690. The topological polar surface area (TPSA) is 20.9 Å². The summed E-state index contributed by atoms with van der Waals surface area (Å²) in [6.45, 7) is 0.718. The van der Waals surface area contributed by atoms with Crippen LogP contribution in [0.3, 0.4) is 0 Å². The Balaban J connectivity index is 0.000000500. The van der Waals surface area contributed by atoms with Crippen molar-refractivity contribution >= 4 is 49.7 Å². The van der Waals surface area contributed by atoms with Crippen LogP contribution in [0, 0.1) is 0 Å². The molecule has 6 aromatic rings. The van der Waals surface area contributed by atoms with Crippen LogP contribution < -0.4 is 26.4 Å². The average Bonchev–Trinajstić information content (AvgIpc) is 3.27. The third kappa shape index (κ3) is 13.5. The van der Waals surface area contributed by atoms with Crippen LogP contribution in [0.4, 0.5) is 105 Å². The van der Waals surface area contributed by atoms with Gasteiger partial charge in [0.25, 0.3) is 0 Å². The van der Waals surface area contributed by atoms with Crippen molar-refractivity contribution in [2.45, 2.75) is 56.0 Å². The fourth-order valence-corrected chi connectivity index (χ4v) is 8.07. The summed E-state index contributed by atoms with van der Waals surface area (Å²) in [5.41, 5.74) is -28.3. The first kappa shape index (κ1) is 58.7. The highest BCUT2D eigenvalue weighted by Crippen LogP contribution is 2.41. The van der Waals surface area contributed by atoms with E-state index in [2.05, 4.69) is 28.1 Å². The predicted octanol–water partition coefficient (Wildman–Crippen LogP) is 13.8. The van der Waals surface area contributed by atoms with E-state index in [-0.39, 0.29) is 5.78 Å². The van der Waals surface area contributed by atoms with Crippen molar-refractivity contribution in [3.05, 3.63) is 183 Å². The summed E-state index contributed by atoms with van der Waals surface area (Å²) in [5, 5.41) is 0.353. The molecule has 2 nitrogen and oxygen atoms in total. The first-order chi connectivity index (χ1) is 33.6. The molecule has 0 aliphatic heterocycles. The lowest BCUT2D eigenvalue weighted by Gasteiger charge is -2.46. The third-order valence-electron chi connectivity index (χ3n) is 11.0. The van der Waals surface area contributed by atoms with Gasteiger partial charge in [0.1, 0.15) is 6.15 Å². The summed E-state index contributed by atoms with van der Waals surface area (Å²) >= 11 is 3.21. The minimum atomic E-state index is -6.13. The second-order valence-electron chi connectivity index (χ2n) is 16.0. The Morgan fingerprint density at radius 1 is 0.365 bits per heavy atom. The van der Waals surface area contributed by atoms with Crippen LogP contribution in [-0.4, -0.2) is 17.3 Å². The molecule has 0 radical (unpaired) electrons. The maximum absolute atomic E-state index is 14.2. The van der Waals surface area contributed by atoms with Crippen LogP contribution in [0.2, 0.25) is 0 Å². The van der Waals surface area contributed by atoms with E-state index in [1.807, 2.05) is 47.2 Å². The van der Waals surface area contributed by atoms with Gasteiger partial charge in [-0.1, -0.05) is 94.8 Å². The number of Topliss-reactive ketones (excluding diaryl/α,β-unsaturated/α-hetero) is 1. The lowest BCUT2D eigenvalue weighted by Crippen LogP contribution is -2.75. The molecule has 0 spiro atoms. The van der Waals surface area contributed by atoms with Crippen LogP contribution in [0.1, 0.15) is 60.6 Å². The molecule has 5 aromatic carbocycles. The largest absolute Gasteiger partial charge is 0.416 e. The van der Waals surface area contributed by atoms with E-state index in [9.17, 15) is 110 Å². The normalized spacial score (nSPS) is 13.4. The quantitative estimate of drug-likeness (QED) is 0.0489. The molecule has 0 saturated carbocycles. The molecule has 1 aromatic heterocycles. The zero-order valence-electron chi connectivity index (χ0n) is 35.9. The van der Waals surface area contributed by atoms with E-state index in [0.29, 0.717) is 5.33 Å². The van der Waals surface area contributed by atoms with Crippen LogP contribution in [-0.2, 0) is 56.0 Å². The highest BCUT2D eigenvalue weighted by Gasteiger charge is 2.47. The molecule has 398 valence electrons. The summed E-state index contributed by atoms with van der Waals surface area (Å²) in [7, 11) is 0. The van der Waals surface area contributed by atoms with Gasteiger partial charge in [-0.2, -0.15) is 132 Å². The van der Waals surface area contributed by atoms with Crippen molar-refractivity contribution in [1.29, 1.82) is 0 Å². The third-order valence-corrected chi connectivity index (χ3v) is 11.5. The first-order valence-corrected chi connectivity index (χ1v) is 21.2. The van der Waals surface area contributed by atoms with Gasteiger partial charge in [-0.3, -0.25) is 4.79 Å². The Morgan fingerprint density at radius 2 is 0.608 bits per heavy atom. The Kier molecular flexibility index (Phi) is 16.2. The Bertz CT molecular complexity index is 2550. The van der Waals surface area contributed by atoms with Gasteiger partial charge in [-0.25, -0.2) is 0 Å². The van der Waals surface area contributed by atoms with Gasteiger partial charge in [-0.05, 0) is 30.3 Å². The van der Waals surface area contributed by atoms with Gasteiger partial charge < -0.3 is 0 Å². The number of pyridine rings is 1. The molecule has 0 saturated heterocycles. The van der Waals surface area contributed by atoms with E-state index in [4.69, 9.17) is 0 Å². The molecule has 28 heteroatoms. The molecular weight excluding hydrogens is 1130 g/mol. The van der Waals surface area contributed by atoms with Crippen molar-refractivity contribution in [3.8, 4) is 0 Å². The van der Waals surface area contributed by atoms with Gasteiger partial charge in [0.2, 0.25) is 11.5 Å². The van der Waals surface area contributed by atoms with Crippen LogP contribution >= 0.6 is 15.9 Å². The number of carbonyl (C=O) groups is 1. The van der Waals surface area contributed by atoms with Crippen LogP contribution in [0.5, 0.6) is 0 Å². The number of benzene rings is 5. The zero-order valence-corrected chi connectivity index (χ0v) is 37.5. The van der Waals surface area contributed by atoms with Crippen molar-refractivity contribution in [3.63, 3.8) is 0 Å². The highest BCUT2D eigenvalue weighted by molar-refractivity contribution is 9.09. The van der Waals surface area contributed by atoms with Crippen LogP contribution in [0.15, 0.2) is 128 Å². The fraction of sp³-hybridized carbons (Fsp3) is 0.217. The van der Waals surface area contributed by atoms with Crippen molar-refractivity contribution in [2.24, 2.45) is 0 Å². The molecular formula is C46H25BBrF24NO. The first-order valence-electron chi connectivity index (χ1n) is 20.0. The zero-order chi connectivity index (χ0) is 56.0.